The van der Waals surface area contributed by atoms with Crippen LogP contribution in [0.1, 0.15) is 17.3 Å². The molecule has 0 spiro atoms. The summed E-state index contributed by atoms with van der Waals surface area (Å²) >= 11 is 7.37. The van der Waals surface area contributed by atoms with Gasteiger partial charge in [0, 0.05) is 15.9 Å². The highest BCUT2D eigenvalue weighted by atomic mass is 35.5. The molecule has 2 heterocycles. The number of para-hydroxylation sites is 2. The fourth-order valence-electron chi connectivity index (χ4n) is 3.87. The number of benzene rings is 3. The molecule has 10 heteroatoms. The number of halogens is 1. The van der Waals surface area contributed by atoms with Crippen molar-refractivity contribution in [3.05, 3.63) is 99.3 Å². The molecule has 8 nitrogen and oxygen atoms in total. The highest BCUT2D eigenvalue weighted by molar-refractivity contribution is 7.98. The van der Waals surface area contributed by atoms with Gasteiger partial charge in [-0.25, -0.2) is 4.79 Å². The lowest BCUT2D eigenvalue weighted by atomic mass is 10.0. The van der Waals surface area contributed by atoms with E-state index in [-0.39, 0.29) is 5.56 Å². The first-order valence-electron chi connectivity index (χ1n) is 10.7. The van der Waals surface area contributed by atoms with Gasteiger partial charge in [0.05, 0.1) is 16.8 Å². The third-order valence-electron chi connectivity index (χ3n) is 5.44. The van der Waals surface area contributed by atoms with E-state index in [1.807, 2.05) is 60.7 Å². The van der Waals surface area contributed by atoms with E-state index in [2.05, 4.69) is 10.3 Å². The first-order chi connectivity index (χ1) is 17.0. The molecule has 0 fully saturated rings. The van der Waals surface area contributed by atoms with Crippen LogP contribution in [0.2, 0.25) is 5.02 Å². The number of hydrogen-bond donors (Lipinski definition) is 3. The standard InChI is InChI=1S/C25H19ClN4O4S/c26-16-11-9-15(10-12-16)14-35-25-28-24(33)22-17-5-1-3-7-19(17)27-23(30(22)29-25)18-6-2-4-8-20(18)34-13-21(31)32/h1-12,23H,13-14H2,(H2,28,29,31,32,33)/p+1/t23-/m0/s1. The molecule has 3 aromatic carbocycles. The SMILES string of the molecule is O=C(O)COc1ccccc1[C@H]1Nc2ccccc2-c2c(=O)[nH]c(SCc3ccc(Cl)cc3)n[n+]21. The molecule has 0 saturated carbocycles. The predicted molar refractivity (Wildman–Crippen MR) is 133 cm³/mol. The van der Waals surface area contributed by atoms with Crippen LogP contribution in [0.5, 0.6) is 5.75 Å². The molecule has 1 atom stereocenters. The maximum Gasteiger partial charge on any atom is 0.341 e. The average molecular weight is 508 g/mol. The number of carbonyl (C=O) groups is 1. The first-order valence-corrected chi connectivity index (χ1v) is 12.1. The van der Waals surface area contributed by atoms with Crippen LogP contribution in [0, 0.1) is 0 Å². The fraction of sp³-hybridized carbons (Fsp3) is 0.120. The number of carboxylic acids is 1. The molecule has 35 heavy (non-hydrogen) atoms. The Hall–Kier alpha value is -3.82. The number of nitrogens with zero attached hydrogens (tertiary/aromatic N) is 2. The van der Waals surface area contributed by atoms with Crippen LogP contribution in [0.3, 0.4) is 0 Å². The Balaban J connectivity index is 1.57. The molecule has 1 aliphatic rings. The topological polar surface area (TPSA) is 108 Å². The first kappa shape index (κ1) is 22.9. The lowest BCUT2D eigenvalue weighted by molar-refractivity contribution is -0.759. The molecule has 0 radical (unpaired) electrons. The monoisotopic (exact) mass is 507 g/mol. The number of hydrogen-bond acceptors (Lipinski definition) is 6. The van der Waals surface area contributed by atoms with Crippen LogP contribution < -0.4 is 20.3 Å². The zero-order chi connectivity index (χ0) is 24.4. The van der Waals surface area contributed by atoms with Gasteiger partial charge in [0.25, 0.3) is 6.17 Å². The molecule has 0 saturated heterocycles. The van der Waals surface area contributed by atoms with E-state index in [9.17, 15) is 9.59 Å². The number of aromatic nitrogens is 3. The summed E-state index contributed by atoms with van der Waals surface area (Å²) in [5.41, 5.74) is 3.29. The number of carboxylic acid groups (broad SMARTS) is 1. The van der Waals surface area contributed by atoms with Crippen molar-refractivity contribution in [2.75, 3.05) is 11.9 Å². The number of ether oxygens (including phenoxy) is 1. The van der Waals surface area contributed by atoms with E-state index >= 15 is 0 Å². The summed E-state index contributed by atoms with van der Waals surface area (Å²) < 4.78 is 7.18. The van der Waals surface area contributed by atoms with Gasteiger partial charge in [-0.3, -0.25) is 9.78 Å². The van der Waals surface area contributed by atoms with E-state index < -0.39 is 18.7 Å². The second-order valence-electron chi connectivity index (χ2n) is 7.78. The van der Waals surface area contributed by atoms with Crippen molar-refractivity contribution >= 4 is 35.0 Å². The van der Waals surface area contributed by atoms with E-state index in [0.29, 0.717) is 32.9 Å². The van der Waals surface area contributed by atoms with Crippen molar-refractivity contribution in [2.24, 2.45) is 0 Å². The van der Waals surface area contributed by atoms with E-state index in [1.165, 1.54) is 11.8 Å². The van der Waals surface area contributed by atoms with Crippen LogP contribution in [0.25, 0.3) is 11.3 Å². The minimum absolute atomic E-state index is 0.276. The van der Waals surface area contributed by atoms with Gasteiger partial charge in [0.1, 0.15) is 5.75 Å². The average Bonchev–Trinajstić information content (AvgIpc) is 2.86. The summed E-state index contributed by atoms with van der Waals surface area (Å²) in [6, 6.07) is 22.1. The lowest BCUT2D eigenvalue weighted by Crippen LogP contribution is -2.55. The third-order valence-corrected chi connectivity index (χ3v) is 6.62. The Labute approximate surface area is 209 Å². The number of aliphatic carboxylic acids is 1. The Morgan fingerprint density at radius 2 is 1.83 bits per heavy atom. The van der Waals surface area contributed by atoms with Gasteiger partial charge < -0.3 is 15.2 Å². The number of rotatable bonds is 7. The summed E-state index contributed by atoms with van der Waals surface area (Å²) in [5, 5.41) is 18.4. The Bertz CT molecular complexity index is 1460. The van der Waals surface area contributed by atoms with Gasteiger partial charge in [0.15, 0.2) is 6.61 Å². The summed E-state index contributed by atoms with van der Waals surface area (Å²) in [7, 11) is 0. The molecule has 4 aromatic rings. The predicted octanol–water partition coefficient (Wildman–Crippen LogP) is 4.11. The van der Waals surface area contributed by atoms with Gasteiger partial charge in [-0.15, -0.1) is 0 Å². The molecule has 0 bridgehead atoms. The Kier molecular flexibility index (Phi) is 6.43. The number of anilines is 1. The van der Waals surface area contributed by atoms with Crippen LogP contribution in [-0.4, -0.2) is 27.8 Å². The van der Waals surface area contributed by atoms with Crippen molar-refractivity contribution in [3.63, 3.8) is 0 Å². The van der Waals surface area contributed by atoms with Gasteiger partial charge >= 0.3 is 17.2 Å². The highest BCUT2D eigenvalue weighted by Crippen LogP contribution is 2.34. The smallest absolute Gasteiger partial charge is 0.341 e. The maximum absolute atomic E-state index is 13.3. The minimum Gasteiger partial charge on any atom is -0.481 e. The van der Waals surface area contributed by atoms with E-state index in [0.717, 1.165) is 16.8 Å². The number of fused-ring (bicyclic) bond motifs is 3. The zero-order valence-corrected chi connectivity index (χ0v) is 19.8. The second-order valence-corrected chi connectivity index (χ2v) is 9.18. The van der Waals surface area contributed by atoms with Gasteiger partial charge in [0.2, 0.25) is 5.16 Å². The van der Waals surface area contributed by atoms with Gasteiger partial charge in [-0.05, 0) is 46.6 Å². The van der Waals surface area contributed by atoms with Crippen molar-refractivity contribution in [3.8, 4) is 17.0 Å². The molecule has 3 N–H and O–H groups in total. The Morgan fingerprint density at radius 1 is 1.09 bits per heavy atom. The minimum atomic E-state index is -1.08. The molecule has 0 amide bonds. The largest absolute Gasteiger partial charge is 0.481 e. The third kappa shape index (κ3) is 4.87. The molecular formula is C25H20ClN4O4S+. The molecular weight excluding hydrogens is 488 g/mol. The van der Waals surface area contributed by atoms with E-state index in [4.69, 9.17) is 26.5 Å². The van der Waals surface area contributed by atoms with Gasteiger partial charge in [-0.2, -0.15) is 0 Å². The van der Waals surface area contributed by atoms with Crippen molar-refractivity contribution in [1.29, 1.82) is 0 Å². The zero-order valence-electron chi connectivity index (χ0n) is 18.3. The van der Waals surface area contributed by atoms with Crippen LogP contribution in [0.4, 0.5) is 5.69 Å². The lowest BCUT2D eigenvalue weighted by Gasteiger charge is -2.23. The number of nitrogens with one attached hydrogen (secondary N) is 2. The molecule has 176 valence electrons. The summed E-state index contributed by atoms with van der Waals surface area (Å²) in [6.45, 7) is -0.483. The summed E-state index contributed by atoms with van der Waals surface area (Å²) in [6.07, 6.45) is -0.595. The maximum atomic E-state index is 13.3. The molecule has 5 rings (SSSR count). The van der Waals surface area contributed by atoms with E-state index in [1.54, 1.807) is 16.8 Å². The van der Waals surface area contributed by atoms with Crippen LogP contribution in [-0.2, 0) is 10.5 Å². The summed E-state index contributed by atoms with van der Waals surface area (Å²) in [5.74, 6) is -0.0974. The molecule has 1 aromatic heterocycles. The normalized spacial score (nSPS) is 13.9. The number of thioether (sulfide) groups is 1. The number of H-pyrrole nitrogens is 1. The van der Waals surface area contributed by atoms with Gasteiger partial charge in [-0.1, -0.05) is 59.8 Å². The number of aromatic amines is 1. The van der Waals surface area contributed by atoms with Crippen molar-refractivity contribution in [2.45, 2.75) is 17.1 Å². The summed E-state index contributed by atoms with van der Waals surface area (Å²) in [4.78, 5) is 27.3. The fourth-order valence-corrected chi connectivity index (χ4v) is 4.81. The van der Waals surface area contributed by atoms with Crippen LogP contribution in [0.15, 0.2) is 82.7 Å². The molecule has 0 aliphatic carbocycles. The quantitative estimate of drug-likeness (QED) is 0.255. The van der Waals surface area contributed by atoms with Crippen LogP contribution >= 0.6 is 23.4 Å². The van der Waals surface area contributed by atoms with Crippen molar-refractivity contribution < 1.29 is 19.3 Å². The molecule has 1 aliphatic heterocycles. The second kappa shape index (κ2) is 9.81. The molecule has 0 unspecified atom stereocenters. The van der Waals surface area contributed by atoms with Crippen molar-refractivity contribution in [1.82, 2.24) is 10.1 Å². The Morgan fingerprint density at radius 3 is 2.63 bits per heavy atom. The highest BCUT2D eigenvalue weighted by Gasteiger charge is 2.39.